The third kappa shape index (κ3) is 3.59. The van der Waals surface area contributed by atoms with Gasteiger partial charge in [0.25, 0.3) is 0 Å². The molecule has 0 aliphatic carbocycles. The summed E-state index contributed by atoms with van der Waals surface area (Å²) in [6.45, 7) is 9.26. The second-order valence-corrected chi connectivity index (χ2v) is 3.77. The van der Waals surface area contributed by atoms with Crippen LogP contribution in [-0.2, 0) is 11.2 Å². The van der Waals surface area contributed by atoms with Crippen molar-refractivity contribution in [2.75, 3.05) is 0 Å². The number of esters is 1. The van der Waals surface area contributed by atoms with E-state index in [9.17, 15) is 4.79 Å². The second-order valence-electron chi connectivity index (χ2n) is 3.77. The van der Waals surface area contributed by atoms with Gasteiger partial charge in [-0.3, -0.25) is 0 Å². The molecule has 0 fully saturated rings. The zero-order valence-electron chi connectivity index (χ0n) is 10.2. The highest BCUT2D eigenvalue weighted by atomic mass is 16.5. The Balaban J connectivity index is 3.05. The van der Waals surface area contributed by atoms with Gasteiger partial charge in [-0.05, 0) is 18.4 Å². The van der Waals surface area contributed by atoms with E-state index in [4.69, 9.17) is 4.74 Å². The molecule has 1 aromatic rings. The van der Waals surface area contributed by atoms with E-state index in [0.717, 1.165) is 30.4 Å². The topological polar surface area (TPSA) is 26.3 Å². The molecule has 0 saturated heterocycles. The van der Waals surface area contributed by atoms with Gasteiger partial charge >= 0.3 is 5.97 Å². The van der Waals surface area contributed by atoms with Crippen LogP contribution in [0.15, 0.2) is 37.4 Å². The Hall–Kier alpha value is -1.83. The molecule has 0 aromatic heterocycles. The number of unbranched alkanes of at least 4 members (excludes halogenated alkanes) is 1. The van der Waals surface area contributed by atoms with Crippen molar-refractivity contribution in [3.63, 3.8) is 0 Å². The van der Waals surface area contributed by atoms with Crippen LogP contribution >= 0.6 is 0 Å². The van der Waals surface area contributed by atoms with Gasteiger partial charge in [0.05, 0.1) is 0 Å². The largest absolute Gasteiger partial charge is 0.422 e. The Bertz CT molecular complexity index is 419. The molecule has 1 rings (SSSR count). The molecular weight excluding hydrogens is 212 g/mol. The van der Waals surface area contributed by atoms with E-state index in [-0.39, 0.29) is 0 Å². The smallest absolute Gasteiger partial charge is 0.335 e. The van der Waals surface area contributed by atoms with E-state index < -0.39 is 5.97 Å². The van der Waals surface area contributed by atoms with Crippen molar-refractivity contribution in [2.24, 2.45) is 0 Å². The molecule has 1 aromatic carbocycles. The molecule has 17 heavy (non-hydrogen) atoms. The summed E-state index contributed by atoms with van der Waals surface area (Å²) in [5.41, 5.74) is 1.88. The monoisotopic (exact) mass is 230 g/mol. The third-order valence-electron chi connectivity index (χ3n) is 2.52. The average molecular weight is 230 g/mol. The van der Waals surface area contributed by atoms with Crippen molar-refractivity contribution in [3.05, 3.63) is 48.6 Å². The van der Waals surface area contributed by atoms with Gasteiger partial charge in [-0.15, -0.1) is 0 Å². The Morgan fingerprint density at radius 1 is 1.41 bits per heavy atom. The number of hydrogen-bond acceptors (Lipinski definition) is 2. The molecule has 0 aliphatic heterocycles. The Morgan fingerprint density at radius 3 is 2.76 bits per heavy atom. The summed E-state index contributed by atoms with van der Waals surface area (Å²) in [6.07, 6.45) is 5.94. The normalized spacial score (nSPS) is 9.71. The molecule has 0 atom stereocenters. The van der Waals surface area contributed by atoms with Crippen LogP contribution in [0.25, 0.3) is 6.08 Å². The van der Waals surface area contributed by atoms with Crippen molar-refractivity contribution >= 4 is 12.0 Å². The predicted octanol–water partition coefficient (Wildman–Crippen LogP) is 3.76. The van der Waals surface area contributed by atoms with Crippen LogP contribution in [-0.4, -0.2) is 5.97 Å². The fourth-order valence-corrected chi connectivity index (χ4v) is 1.60. The van der Waals surface area contributed by atoms with Crippen molar-refractivity contribution in [1.29, 1.82) is 0 Å². The summed E-state index contributed by atoms with van der Waals surface area (Å²) in [5.74, 6) is 0.179. The van der Waals surface area contributed by atoms with Crippen molar-refractivity contribution < 1.29 is 9.53 Å². The van der Waals surface area contributed by atoms with E-state index in [0.29, 0.717) is 5.75 Å². The van der Waals surface area contributed by atoms with Crippen LogP contribution < -0.4 is 4.74 Å². The number of rotatable bonds is 6. The van der Waals surface area contributed by atoms with Gasteiger partial charge in [-0.2, -0.15) is 0 Å². The van der Waals surface area contributed by atoms with Crippen LogP contribution in [0.4, 0.5) is 0 Å². The zero-order chi connectivity index (χ0) is 12.7. The molecule has 0 radical (unpaired) electrons. The number of benzene rings is 1. The van der Waals surface area contributed by atoms with Crippen LogP contribution in [0.2, 0.25) is 0 Å². The minimum absolute atomic E-state index is 0.433. The van der Waals surface area contributed by atoms with Gasteiger partial charge in [0, 0.05) is 11.6 Å². The van der Waals surface area contributed by atoms with Crippen LogP contribution in [0.1, 0.15) is 30.9 Å². The van der Waals surface area contributed by atoms with Gasteiger partial charge < -0.3 is 4.74 Å². The molecule has 2 nitrogen and oxygen atoms in total. The summed E-state index contributed by atoms with van der Waals surface area (Å²) in [7, 11) is 0. The fraction of sp³-hybridized carbons (Fsp3) is 0.267. The van der Waals surface area contributed by atoms with Crippen LogP contribution in [0.3, 0.4) is 0 Å². The number of aryl methyl sites for hydroxylation is 1. The highest BCUT2D eigenvalue weighted by molar-refractivity contribution is 5.84. The SMILES string of the molecule is C=CC(=O)Oc1c(C=C)cccc1CCCC. The van der Waals surface area contributed by atoms with E-state index in [1.165, 1.54) is 6.08 Å². The Labute approximate surface area is 103 Å². The molecule has 0 spiro atoms. The van der Waals surface area contributed by atoms with E-state index >= 15 is 0 Å². The average Bonchev–Trinajstić information content (AvgIpc) is 2.37. The number of carbonyl (C=O) groups excluding carboxylic acids is 1. The van der Waals surface area contributed by atoms with E-state index in [2.05, 4.69) is 20.1 Å². The highest BCUT2D eigenvalue weighted by Gasteiger charge is 2.10. The molecular formula is C15H18O2. The van der Waals surface area contributed by atoms with E-state index in [1.54, 1.807) is 6.08 Å². The molecule has 0 heterocycles. The standard InChI is InChI=1S/C15H18O2/c1-4-7-9-13-11-8-10-12(5-2)15(13)17-14(16)6-3/h5-6,8,10-11H,2-4,7,9H2,1H3. The minimum atomic E-state index is -0.433. The predicted molar refractivity (Wildman–Crippen MR) is 71.0 cm³/mol. The maximum atomic E-state index is 11.3. The number of carbonyl (C=O) groups is 1. The molecule has 0 unspecified atom stereocenters. The summed E-state index contributed by atoms with van der Waals surface area (Å²) in [4.78, 5) is 11.3. The van der Waals surface area contributed by atoms with E-state index in [1.807, 2.05) is 18.2 Å². The van der Waals surface area contributed by atoms with Gasteiger partial charge in [-0.25, -0.2) is 4.79 Å². The number of ether oxygens (including phenoxy) is 1. The van der Waals surface area contributed by atoms with Gasteiger partial charge in [0.2, 0.25) is 0 Å². The quantitative estimate of drug-likeness (QED) is 0.422. The lowest BCUT2D eigenvalue weighted by atomic mass is 10.0. The molecule has 2 heteroatoms. The Morgan fingerprint density at radius 2 is 2.18 bits per heavy atom. The number of para-hydroxylation sites is 1. The maximum Gasteiger partial charge on any atom is 0.335 e. The highest BCUT2D eigenvalue weighted by Crippen LogP contribution is 2.26. The summed E-state index contributed by atoms with van der Waals surface area (Å²) >= 11 is 0. The first-order valence-electron chi connectivity index (χ1n) is 5.81. The fourth-order valence-electron chi connectivity index (χ4n) is 1.60. The molecule has 0 bridgehead atoms. The third-order valence-corrected chi connectivity index (χ3v) is 2.52. The summed E-state index contributed by atoms with van der Waals surface area (Å²) in [5, 5.41) is 0. The van der Waals surface area contributed by atoms with Gasteiger partial charge in [-0.1, -0.05) is 50.8 Å². The van der Waals surface area contributed by atoms with Gasteiger partial charge in [0.15, 0.2) is 0 Å². The lowest BCUT2D eigenvalue weighted by molar-refractivity contribution is -0.129. The molecule has 0 aliphatic rings. The van der Waals surface area contributed by atoms with Gasteiger partial charge in [0.1, 0.15) is 5.75 Å². The van der Waals surface area contributed by atoms with Crippen LogP contribution in [0.5, 0.6) is 5.75 Å². The first kappa shape index (κ1) is 13.2. The second kappa shape index (κ2) is 6.69. The summed E-state index contributed by atoms with van der Waals surface area (Å²) in [6, 6.07) is 5.82. The maximum absolute atomic E-state index is 11.3. The molecule has 90 valence electrons. The van der Waals surface area contributed by atoms with Crippen LogP contribution in [0, 0.1) is 0 Å². The van der Waals surface area contributed by atoms with Crippen molar-refractivity contribution in [3.8, 4) is 5.75 Å². The lowest BCUT2D eigenvalue weighted by Crippen LogP contribution is -2.07. The van der Waals surface area contributed by atoms with Crippen molar-refractivity contribution in [2.45, 2.75) is 26.2 Å². The number of hydrogen-bond donors (Lipinski definition) is 0. The van der Waals surface area contributed by atoms with Crippen molar-refractivity contribution in [1.82, 2.24) is 0 Å². The Kier molecular flexibility index (Phi) is 5.21. The molecule has 0 saturated carbocycles. The minimum Gasteiger partial charge on any atom is -0.422 e. The molecule has 0 N–H and O–H groups in total. The summed E-state index contributed by atoms with van der Waals surface area (Å²) < 4.78 is 5.29. The lowest BCUT2D eigenvalue weighted by Gasteiger charge is -2.11. The molecule has 0 amide bonds. The first-order chi connectivity index (χ1) is 8.22. The first-order valence-corrected chi connectivity index (χ1v) is 5.81. The zero-order valence-corrected chi connectivity index (χ0v) is 10.2.